The molecule has 0 bridgehead atoms. The van der Waals surface area contributed by atoms with Crippen LogP contribution >= 0.6 is 0 Å². The monoisotopic (exact) mass is 230 g/mol. The summed E-state index contributed by atoms with van der Waals surface area (Å²) in [5, 5.41) is 0. The number of esters is 1. The van der Waals surface area contributed by atoms with Gasteiger partial charge in [-0.15, -0.1) is 0 Å². The number of carbonyl (C=O) groups excluding carboxylic acids is 1. The van der Waals surface area contributed by atoms with Gasteiger partial charge in [-0.1, -0.05) is 49.2 Å². The molecule has 0 aliphatic carbocycles. The van der Waals surface area contributed by atoms with Crippen molar-refractivity contribution < 1.29 is 9.53 Å². The van der Waals surface area contributed by atoms with Crippen LogP contribution in [0.4, 0.5) is 0 Å². The highest BCUT2D eigenvalue weighted by Gasteiger charge is 2.23. The Labute approximate surface area is 102 Å². The van der Waals surface area contributed by atoms with Gasteiger partial charge in [0.15, 0.2) is 0 Å². The van der Waals surface area contributed by atoms with Gasteiger partial charge in [-0.2, -0.15) is 0 Å². The lowest BCUT2D eigenvalue weighted by atomic mass is 9.87. The third kappa shape index (κ3) is 2.96. The Morgan fingerprint density at radius 2 is 2.06 bits per heavy atom. The van der Waals surface area contributed by atoms with E-state index in [1.165, 1.54) is 11.1 Å². The van der Waals surface area contributed by atoms with Crippen molar-refractivity contribution in [1.29, 1.82) is 0 Å². The van der Waals surface area contributed by atoms with Gasteiger partial charge in [0.1, 0.15) is 6.61 Å². The van der Waals surface area contributed by atoms with Crippen molar-refractivity contribution in [2.24, 2.45) is 0 Å². The van der Waals surface area contributed by atoms with E-state index in [1.54, 1.807) is 6.08 Å². The summed E-state index contributed by atoms with van der Waals surface area (Å²) in [7, 11) is 0. The molecular formula is C15H18O2. The number of carbonyl (C=O) groups is 1. The Bertz CT molecular complexity index is 406. The second-order valence-electron chi connectivity index (χ2n) is 4.42. The fourth-order valence-corrected chi connectivity index (χ4v) is 2.19. The first-order valence-electron chi connectivity index (χ1n) is 6.23. The van der Waals surface area contributed by atoms with Gasteiger partial charge in [-0.25, -0.2) is 4.79 Å². The molecule has 0 radical (unpaired) electrons. The van der Waals surface area contributed by atoms with E-state index in [4.69, 9.17) is 4.74 Å². The van der Waals surface area contributed by atoms with Crippen molar-refractivity contribution in [3.05, 3.63) is 47.5 Å². The highest BCUT2D eigenvalue weighted by molar-refractivity contribution is 5.84. The number of rotatable bonds is 4. The molecule has 0 spiro atoms. The molecule has 1 atom stereocenters. The smallest absolute Gasteiger partial charge is 0.330 e. The van der Waals surface area contributed by atoms with Crippen molar-refractivity contribution in [1.82, 2.24) is 0 Å². The summed E-state index contributed by atoms with van der Waals surface area (Å²) in [6.45, 7) is 2.65. The summed E-state index contributed by atoms with van der Waals surface area (Å²) in [5.74, 6) is 0.0590. The molecule has 0 saturated carbocycles. The lowest BCUT2D eigenvalue weighted by Gasteiger charge is -2.24. The molecule has 2 heteroatoms. The number of hydrogen-bond acceptors (Lipinski definition) is 2. The number of benzene rings is 1. The van der Waals surface area contributed by atoms with E-state index < -0.39 is 0 Å². The number of ether oxygens (including phenoxy) is 1. The van der Waals surface area contributed by atoms with Crippen molar-refractivity contribution in [3.8, 4) is 0 Å². The van der Waals surface area contributed by atoms with Gasteiger partial charge in [0, 0.05) is 12.0 Å². The SMILES string of the molecule is CCCCC1=CC(=O)OCC1c1ccccc1. The van der Waals surface area contributed by atoms with E-state index in [-0.39, 0.29) is 11.9 Å². The maximum Gasteiger partial charge on any atom is 0.330 e. The fourth-order valence-electron chi connectivity index (χ4n) is 2.19. The summed E-state index contributed by atoms with van der Waals surface area (Å²) in [5.41, 5.74) is 2.46. The normalized spacial score (nSPS) is 19.7. The molecule has 0 N–H and O–H groups in total. The molecule has 1 unspecified atom stereocenters. The van der Waals surface area contributed by atoms with E-state index in [0.29, 0.717) is 6.61 Å². The Balaban J connectivity index is 2.20. The van der Waals surface area contributed by atoms with Crippen LogP contribution in [-0.4, -0.2) is 12.6 Å². The minimum absolute atomic E-state index is 0.191. The van der Waals surface area contributed by atoms with Gasteiger partial charge in [-0.05, 0) is 18.4 Å². The lowest BCUT2D eigenvalue weighted by molar-refractivity contribution is -0.139. The molecule has 1 heterocycles. The predicted molar refractivity (Wildman–Crippen MR) is 67.8 cm³/mol. The van der Waals surface area contributed by atoms with Gasteiger partial charge in [0.2, 0.25) is 0 Å². The lowest BCUT2D eigenvalue weighted by Crippen LogP contribution is -2.20. The molecule has 0 fully saturated rings. The summed E-state index contributed by atoms with van der Waals surface area (Å²) >= 11 is 0. The maximum absolute atomic E-state index is 11.3. The Hall–Kier alpha value is -1.57. The zero-order valence-electron chi connectivity index (χ0n) is 10.2. The topological polar surface area (TPSA) is 26.3 Å². The summed E-state index contributed by atoms with van der Waals surface area (Å²) in [4.78, 5) is 11.3. The molecule has 2 nitrogen and oxygen atoms in total. The van der Waals surface area contributed by atoms with Crippen LogP contribution in [0.25, 0.3) is 0 Å². The predicted octanol–water partition coefficient (Wildman–Crippen LogP) is 3.44. The zero-order chi connectivity index (χ0) is 12.1. The van der Waals surface area contributed by atoms with Crippen LogP contribution in [0.3, 0.4) is 0 Å². The number of unbranched alkanes of at least 4 members (excludes halogenated alkanes) is 1. The molecule has 1 aliphatic heterocycles. The molecule has 0 amide bonds. The van der Waals surface area contributed by atoms with Crippen molar-refractivity contribution in [3.63, 3.8) is 0 Å². The minimum atomic E-state index is -0.191. The van der Waals surface area contributed by atoms with Crippen LogP contribution in [0.1, 0.15) is 37.7 Å². The van der Waals surface area contributed by atoms with Gasteiger partial charge in [0.05, 0.1) is 0 Å². The van der Waals surface area contributed by atoms with E-state index in [1.807, 2.05) is 18.2 Å². The summed E-state index contributed by atoms with van der Waals surface area (Å²) in [6, 6.07) is 10.3. The first kappa shape index (κ1) is 11.9. The first-order chi connectivity index (χ1) is 8.31. The van der Waals surface area contributed by atoms with Crippen LogP contribution in [0.5, 0.6) is 0 Å². The van der Waals surface area contributed by atoms with Crippen LogP contribution in [0, 0.1) is 0 Å². The number of hydrogen-bond donors (Lipinski definition) is 0. The fraction of sp³-hybridized carbons (Fsp3) is 0.400. The van der Waals surface area contributed by atoms with Gasteiger partial charge in [-0.3, -0.25) is 0 Å². The largest absolute Gasteiger partial charge is 0.462 e. The van der Waals surface area contributed by atoms with Crippen LogP contribution in [-0.2, 0) is 9.53 Å². The van der Waals surface area contributed by atoms with E-state index >= 15 is 0 Å². The molecule has 1 aromatic rings. The average Bonchev–Trinajstić information content (AvgIpc) is 2.37. The highest BCUT2D eigenvalue weighted by Crippen LogP contribution is 2.31. The van der Waals surface area contributed by atoms with E-state index in [2.05, 4.69) is 19.1 Å². The third-order valence-corrected chi connectivity index (χ3v) is 3.16. The summed E-state index contributed by atoms with van der Waals surface area (Å²) < 4.78 is 5.14. The van der Waals surface area contributed by atoms with E-state index in [0.717, 1.165) is 19.3 Å². The first-order valence-corrected chi connectivity index (χ1v) is 6.23. The van der Waals surface area contributed by atoms with Crippen molar-refractivity contribution in [2.45, 2.75) is 32.1 Å². The standard InChI is InChI=1S/C15H18O2/c1-2-3-7-13-10-15(16)17-11-14(13)12-8-5-4-6-9-12/h4-6,8-10,14H,2-3,7,11H2,1H3. The second-order valence-corrected chi connectivity index (χ2v) is 4.42. The second kappa shape index (κ2) is 5.67. The van der Waals surface area contributed by atoms with Crippen LogP contribution in [0.15, 0.2) is 42.0 Å². The average molecular weight is 230 g/mol. The number of cyclic esters (lactones) is 1. The van der Waals surface area contributed by atoms with Gasteiger partial charge >= 0.3 is 5.97 Å². The minimum Gasteiger partial charge on any atom is -0.462 e. The molecule has 0 saturated heterocycles. The Kier molecular flexibility index (Phi) is 3.97. The molecule has 90 valence electrons. The van der Waals surface area contributed by atoms with Gasteiger partial charge < -0.3 is 4.74 Å². The van der Waals surface area contributed by atoms with E-state index in [9.17, 15) is 4.79 Å². The molecule has 1 aromatic carbocycles. The quantitative estimate of drug-likeness (QED) is 0.741. The van der Waals surface area contributed by atoms with Crippen LogP contribution < -0.4 is 0 Å². The highest BCUT2D eigenvalue weighted by atomic mass is 16.5. The van der Waals surface area contributed by atoms with Gasteiger partial charge in [0.25, 0.3) is 0 Å². The molecule has 0 aromatic heterocycles. The maximum atomic E-state index is 11.3. The molecule has 1 aliphatic rings. The molecular weight excluding hydrogens is 212 g/mol. The Morgan fingerprint density at radius 3 is 2.76 bits per heavy atom. The van der Waals surface area contributed by atoms with Crippen LogP contribution in [0.2, 0.25) is 0 Å². The third-order valence-electron chi connectivity index (χ3n) is 3.16. The molecule has 2 rings (SSSR count). The van der Waals surface area contributed by atoms with Crippen molar-refractivity contribution in [2.75, 3.05) is 6.61 Å². The summed E-state index contributed by atoms with van der Waals surface area (Å²) in [6.07, 6.45) is 4.94. The molecule has 17 heavy (non-hydrogen) atoms. The van der Waals surface area contributed by atoms with Crippen molar-refractivity contribution >= 4 is 5.97 Å². The zero-order valence-corrected chi connectivity index (χ0v) is 10.2. The Morgan fingerprint density at radius 1 is 1.29 bits per heavy atom.